The van der Waals surface area contributed by atoms with Crippen LogP contribution >= 0.6 is 22.7 Å². The molecule has 1 atom stereocenters. The molecule has 1 unspecified atom stereocenters. The third kappa shape index (κ3) is 13.9. The van der Waals surface area contributed by atoms with Crippen molar-refractivity contribution in [2.24, 2.45) is 4.99 Å². The predicted molar refractivity (Wildman–Crippen MR) is 234 cm³/mol. The highest BCUT2D eigenvalue weighted by Crippen LogP contribution is 2.40. The number of anilines is 4. The lowest BCUT2D eigenvalue weighted by atomic mass is 10.1. The molecule has 0 bridgehead atoms. The van der Waals surface area contributed by atoms with E-state index in [2.05, 4.69) is 55.5 Å². The molecule has 2 aromatic heterocycles. The monoisotopic (exact) mass is 792 g/mol. The highest BCUT2D eigenvalue weighted by Gasteiger charge is 2.16. The van der Waals surface area contributed by atoms with Gasteiger partial charge in [-0.15, -0.1) is 22.7 Å². The summed E-state index contributed by atoms with van der Waals surface area (Å²) in [5.74, 6) is 1.05. The summed E-state index contributed by atoms with van der Waals surface area (Å²) in [5, 5.41) is 18.1. The third-order valence-corrected chi connectivity index (χ3v) is 10.2. The van der Waals surface area contributed by atoms with Crippen LogP contribution in [0.4, 0.5) is 27.1 Å². The maximum absolute atomic E-state index is 11.2. The maximum atomic E-state index is 11.2. The van der Waals surface area contributed by atoms with Crippen molar-refractivity contribution >= 4 is 62.0 Å². The number of rotatable bonds is 14. The molecule has 11 heteroatoms. The molecular formula is C45H52N4O5S2. The van der Waals surface area contributed by atoms with Gasteiger partial charge in [-0.1, -0.05) is 99.1 Å². The molecule has 0 aliphatic carbocycles. The van der Waals surface area contributed by atoms with E-state index in [-0.39, 0.29) is 12.6 Å². The summed E-state index contributed by atoms with van der Waals surface area (Å²) in [6, 6.07) is 37.4. The van der Waals surface area contributed by atoms with Crippen molar-refractivity contribution in [3.8, 4) is 11.5 Å². The van der Waals surface area contributed by atoms with Crippen molar-refractivity contribution in [1.82, 2.24) is 0 Å². The van der Waals surface area contributed by atoms with Crippen LogP contribution in [0.5, 0.6) is 11.5 Å². The molecule has 0 amide bonds. The summed E-state index contributed by atoms with van der Waals surface area (Å²) >= 11 is 2.90. The molecule has 9 nitrogen and oxygen atoms in total. The fourth-order valence-corrected chi connectivity index (χ4v) is 6.82. The number of aliphatic hydroxyl groups excluding tert-OH is 1. The van der Waals surface area contributed by atoms with E-state index in [0.717, 1.165) is 42.3 Å². The summed E-state index contributed by atoms with van der Waals surface area (Å²) in [4.78, 5) is 17.3. The highest BCUT2D eigenvalue weighted by atomic mass is 32.1. The number of benzene rings is 4. The van der Waals surface area contributed by atoms with E-state index in [1.165, 1.54) is 47.1 Å². The molecule has 6 rings (SSSR count). The minimum Gasteiger partial charge on any atom is -0.488 e. The van der Waals surface area contributed by atoms with E-state index in [1.807, 2.05) is 103 Å². The second kappa shape index (κ2) is 22.7. The van der Waals surface area contributed by atoms with Gasteiger partial charge in [0.15, 0.2) is 0 Å². The average molecular weight is 793 g/mol. The Bertz CT molecular complexity index is 2130. The summed E-state index contributed by atoms with van der Waals surface area (Å²) in [7, 11) is 0. The van der Waals surface area contributed by atoms with Crippen LogP contribution in [0.3, 0.4) is 0 Å². The van der Waals surface area contributed by atoms with Crippen LogP contribution in [0, 0.1) is 13.8 Å². The van der Waals surface area contributed by atoms with Crippen LogP contribution in [0.1, 0.15) is 72.2 Å². The first kappa shape index (κ1) is 43.1. The number of nitrogen functional groups attached to an aromatic ring is 1. The van der Waals surface area contributed by atoms with Gasteiger partial charge >= 0.3 is 5.97 Å². The fraction of sp³-hybridized carbons (Fsp3) is 0.244. The topological polar surface area (TPSA) is 127 Å². The summed E-state index contributed by atoms with van der Waals surface area (Å²) in [6.45, 7) is 12.6. The molecule has 56 heavy (non-hydrogen) atoms. The molecule has 2 heterocycles. The highest BCUT2D eigenvalue weighted by molar-refractivity contribution is 7.16. The summed E-state index contributed by atoms with van der Waals surface area (Å²) < 4.78 is 17.2. The lowest BCUT2D eigenvalue weighted by molar-refractivity contribution is -0.142. The van der Waals surface area contributed by atoms with Crippen molar-refractivity contribution in [2.75, 3.05) is 16.4 Å². The minimum absolute atomic E-state index is 0.176. The number of nitrogens with zero attached hydrogens (tertiary/aromatic N) is 1. The van der Waals surface area contributed by atoms with E-state index in [9.17, 15) is 9.90 Å². The maximum Gasteiger partial charge on any atom is 0.302 e. The Kier molecular flexibility index (Phi) is 17.5. The van der Waals surface area contributed by atoms with Gasteiger partial charge in [-0.25, -0.2) is 4.99 Å². The molecule has 0 fully saturated rings. The SMILES string of the molecule is CC(=O)OCc1sc(Nc2ccccc2N)cc1OCc1ccccc1C.CCC.Cc1ccccc1COc1cc(/N=C/Nc2ccccc2)sc1C(C)O. The molecule has 0 radical (unpaired) electrons. The average Bonchev–Trinajstić information content (AvgIpc) is 3.78. The second-order valence-electron chi connectivity index (χ2n) is 12.8. The Labute approximate surface area is 338 Å². The number of ether oxygens (including phenoxy) is 3. The van der Waals surface area contributed by atoms with Crippen molar-refractivity contribution in [1.29, 1.82) is 0 Å². The number of carbonyl (C=O) groups excluding carboxylic acids is 1. The van der Waals surface area contributed by atoms with Crippen LogP contribution in [-0.4, -0.2) is 17.4 Å². The second-order valence-corrected chi connectivity index (χ2v) is 15.0. The number of aliphatic imine (C=N–C) groups is 1. The van der Waals surface area contributed by atoms with Gasteiger partial charge in [-0.3, -0.25) is 4.79 Å². The van der Waals surface area contributed by atoms with Gasteiger partial charge in [-0.05, 0) is 67.3 Å². The standard InChI is InChI=1S/C21H22N2O3S.C21H22N2O2S.C3H8/c1-14-7-3-4-8-16(14)12-26-19-11-21(27-20(19)13-25-15(2)24)23-18-10-6-5-9-17(18)22;1-15-8-6-7-9-17(15)13-25-19-12-20(26-21(19)16(2)24)23-14-22-18-10-4-3-5-11-18;1-3-2/h3-11,23H,12-13,22H2,1-2H3;3-12,14,16,24H,13H2,1-2H3,(H,22,23);3H2,1-2H3. The Morgan fingerprint density at radius 3 is 1.96 bits per heavy atom. The Balaban J connectivity index is 0.000000233. The van der Waals surface area contributed by atoms with Crippen molar-refractivity contribution in [3.63, 3.8) is 0 Å². The molecule has 0 spiro atoms. The van der Waals surface area contributed by atoms with E-state index in [4.69, 9.17) is 19.9 Å². The largest absolute Gasteiger partial charge is 0.488 e. The Hall–Kier alpha value is -5.62. The third-order valence-electron chi connectivity index (χ3n) is 7.97. The lowest BCUT2D eigenvalue weighted by Gasteiger charge is -2.10. The number of hydrogen-bond acceptors (Lipinski definition) is 10. The van der Waals surface area contributed by atoms with Crippen molar-refractivity contribution in [3.05, 3.63) is 147 Å². The van der Waals surface area contributed by atoms with E-state index >= 15 is 0 Å². The van der Waals surface area contributed by atoms with Gasteiger partial charge in [-0.2, -0.15) is 0 Å². The zero-order chi connectivity index (χ0) is 40.3. The predicted octanol–water partition coefficient (Wildman–Crippen LogP) is 11.9. The molecule has 0 saturated heterocycles. The van der Waals surface area contributed by atoms with Gasteiger partial charge in [0.05, 0.1) is 38.6 Å². The fourth-order valence-electron chi connectivity index (χ4n) is 5.01. The van der Waals surface area contributed by atoms with Crippen molar-refractivity contribution < 1.29 is 24.1 Å². The van der Waals surface area contributed by atoms with Gasteiger partial charge in [0.2, 0.25) is 0 Å². The Morgan fingerprint density at radius 2 is 1.38 bits per heavy atom. The van der Waals surface area contributed by atoms with Crippen LogP contribution in [0.25, 0.3) is 0 Å². The van der Waals surface area contributed by atoms with Gasteiger partial charge in [0.1, 0.15) is 36.3 Å². The Morgan fingerprint density at radius 1 is 0.804 bits per heavy atom. The number of nitrogens with one attached hydrogen (secondary N) is 2. The summed E-state index contributed by atoms with van der Waals surface area (Å²) in [6.07, 6.45) is 2.30. The number of aryl methyl sites for hydroxylation is 2. The lowest BCUT2D eigenvalue weighted by Crippen LogP contribution is -2.01. The molecule has 6 aromatic rings. The molecular weight excluding hydrogens is 741 g/mol. The first-order chi connectivity index (χ1) is 27.1. The van der Waals surface area contributed by atoms with Gasteiger partial charge < -0.3 is 35.7 Å². The number of esters is 1. The first-order valence-corrected chi connectivity index (χ1v) is 20.1. The summed E-state index contributed by atoms with van der Waals surface area (Å²) in [5.41, 5.74) is 13.1. The number of aliphatic hydroxyl groups is 1. The van der Waals surface area contributed by atoms with E-state index in [0.29, 0.717) is 30.4 Å². The van der Waals surface area contributed by atoms with Crippen LogP contribution < -0.4 is 25.8 Å². The van der Waals surface area contributed by atoms with Gasteiger partial charge in [0, 0.05) is 24.7 Å². The number of para-hydroxylation sites is 3. The quantitative estimate of drug-likeness (QED) is 0.0372. The van der Waals surface area contributed by atoms with E-state index < -0.39 is 6.10 Å². The van der Waals surface area contributed by atoms with E-state index in [1.54, 1.807) is 13.3 Å². The number of thiophene rings is 2. The zero-order valence-corrected chi connectivity index (χ0v) is 34.5. The normalized spacial score (nSPS) is 11.1. The molecule has 0 aliphatic rings. The minimum atomic E-state index is -0.599. The zero-order valence-electron chi connectivity index (χ0n) is 32.9. The van der Waals surface area contributed by atoms with Crippen molar-refractivity contribution in [2.45, 2.75) is 73.9 Å². The molecule has 294 valence electrons. The number of nitrogens with two attached hydrogens (primary N) is 1. The van der Waals surface area contributed by atoms with Crippen LogP contribution in [-0.2, 0) is 29.4 Å². The molecule has 0 aliphatic heterocycles. The number of hydrogen-bond donors (Lipinski definition) is 4. The molecule has 4 aromatic carbocycles. The van der Waals surface area contributed by atoms with Crippen LogP contribution in [0.15, 0.2) is 120 Å². The molecule has 5 N–H and O–H groups in total. The first-order valence-electron chi connectivity index (χ1n) is 18.5. The number of carbonyl (C=O) groups is 1. The molecule has 0 saturated carbocycles. The van der Waals surface area contributed by atoms with Gasteiger partial charge in [0.25, 0.3) is 0 Å². The smallest absolute Gasteiger partial charge is 0.302 e. The van der Waals surface area contributed by atoms with Crippen LogP contribution in [0.2, 0.25) is 0 Å².